The van der Waals surface area contributed by atoms with E-state index in [-0.39, 0.29) is 11.4 Å². The van der Waals surface area contributed by atoms with Gasteiger partial charge < -0.3 is 10.2 Å². The molecule has 1 N–H and O–H groups in total. The van der Waals surface area contributed by atoms with E-state index in [1.165, 1.54) is 37.8 Å². The number of anilines is 1. The maximum Gasteiger partial charge on any atom is 0.155 e. The highest BCUT2D eigenvalue weighted by atomic mass is 19.1. The number of hydrogen-bond acceptors (Lipinski definition) is 5. The molecule has 3 aromatic heterocycles. The molecule has 0 amide bonds. The normalized spacial score (nSPS) is 18.0. The molecule has 1 saturated heterocycles. The van der Waals surface area contributed by atoms with E-state index in [4.69, 9.17) is 10.1 Å². The fourth-order valence-electron chi connectivity index (χ4n) is 5.21. The summed E-state index contributed by atoms with van der Waals surface area (Å²) in [6.07, 6.45) is 8.59. The molecule has 0 unspecified atom stereocenters. The molecule has 1 aliphatic carbocycles. The first-order valence-corrected chi connectivity index (χ1v) is 11.3. The zero-order chi connectivity index (χ0) is 21.5. The summed E-state index contributed by atoms with van der Waals surface area (Å²) in [7, 11) is 0. The van der Waals surface area contributed by atoms with Crippen molar-refractivity contribution in [3.8, 4) is 22.5 Å². The summed E-state index contributed by atoms with van der Waals surface area (Å²) < 4.78 is 15.5. The molecule has 1 aromatic carbocycles. The average Bonchev–Trinajstić information content (AvgIpc) is 3.44. The summed E-state index contributed by atoms with van der Waals surface area (Å²) >= 11 is 0. The third kappa shape index (κ3) is 3.33. The molecule has 1 saturated carbocycles. The molecule has 2 fully saturated rings. The smallest absolute Gasteiger partial charge is 0.155 e. The zero-order valence-corrected chi connectivity index (χ0v) is 17.8. The Balaban J connectivity index is 1.48. The van der Waals surface area contributed by atoms with Crippen molar-refractivity contribution in [2.24, 2.45) is 0 Å². The van der Waals surface area contributed by atoms with E-state index in [1.807, 2.05) is 22.7 Å². The summed E-state index contributed by atoms with van der Waals surface area (Å²) in [4.78, 5) is 11.4. The lowest BCUT2D eigenvalue weighted by atomic mass is 9.94. The Morgan fingerprint density at radius 3 is 2.47 bits per heavy atom. The second-order valence-corrected chi connectivity index (χ2v) is 8.85. The van der Waals surface area contributed by atoms with E-state index < -0.39 is 0 Å². The second-order valence-electron chi connectivity index (χ2n) is 8.85. The van der Waals surface area contributed by atoms with Crippen LogP contribution in [-0.4, -0.2) is 44.8 Å². The van der Waals surface area contributed by atoms with Crippen LogP contribution in [-0.2, 0) is 0 Å². The number of imidazole rings is 1. The maximum atomic E-state index is 13.6. The van der Waals surface area contributed by atoms with E-state index in [9.17, 15) is 4.39 Å². The molecular formula is C25H25FN6. The Hall–Kier alpha value is -3.32. The van der Waals surface area contributed by atoms with Crippen molar-refractivity contribution in [2.45, 2.75) is 31.2 Å². The van der Waals surface area contributed by atoms with E-state index >= 15 is 0 Å². The highest BCUT2D eigenvalue weighted by Gasteiger charge is 2.38. The van der Waals surface area contributed by atoms with E-state index in [0.717, 1.165) is 53.6 Å². The number of fused-ring (bicyclic) bond motifs is 1. The van der Waals surface area contributed by atoms with Crippen LogP contribution in [0, 0.1) is 5.82 Å². The summed E-state index contributed by atoms with van der Waals surface area (Å²) in [5.41, 5.74) is 4.50. The van der Waals surface area contributed by atoms with Crippen molar-refractivity contribution < 1.29 is 4.39 Å². The largest absolute Gasteiger partial charge is 0.352 e. The third-order valence-corrected chi connectivity index (χ3v) is 6.79. The molecule has 2 aliphatic rings. The fourth-order valence-corrected chi connectivity index (χ4v) is 5.21. The first kappa shape index (κ1) is 19.4. The monoisotopic (exact) mass is 428 g/mol. The van der Waals surface area contributed by atoms with Gasteiger partial charge in [0.05, 0.1) is 5.69 Å². The highest BCUT2D eigenvalue weighted by Crippen LogP contribution is 2.35. The lowest BCUT2D eigenvalue weighted by Gasteiger charge is -2.42. The minimum atomic E-state index is -0.261. The molecular weight excluding hydrogens is 403 g/mol. The summed E-state index contributed by atoms with van der Waals surface area (Å²) in [6.45, 7) is 2.89. The van der Waals surface area contributed by atoms with Crippen LogP contribution in [0.3, 0.4) is 0 Å². The topological polar surface area (TPSA) is 58.4 Å². The SMILES string of the molecule is Fc1ccc(-c2nc3ccc(N4CCNC5(CCCC5)C4)nn3c2-c2ccncc2)cc1. The number of aromatic nitrogens is 4. The van der Waals surface area contributed by atoms with Gasteiger partial charge in [0.25, 0.3) is 0 Å². The first-order chi connectivity index (χ1) is 15.7. The molecule has 1 aliphatic heterocycles. The molecule has 6 nitrogen and oxygen atoms in total. The van der Waals surface area contributed by atoms with E-state index in [2.05, 4.69) is 21.3 Å². The van der Waals surface area contributed by atoms with Crippen LogP contribution >= 0.6 is 0 Å². The Kier molecular flexibility index (Phi) is 4.64. The van der Waals surface area contributed by atoms with Gasteiger partial charge in [-0.15, -0.1) is 5.10 Å². The number of nitrogens with one attached hydrogen (secondary N) is 1. The van der Waals surface area contributed by atoms with E-state index in [1.54, 1.807) is 24.5 Å². The van der Waals surface area contributed by atoms with Crippen LogP contribution in [0.5, 0.6) is 0 Å². The summed E-state index contributed by atoms with van der Waals surface area (Å²) in [5.74, 6) is 0.701. The van der Waals surface area contributed by atoms with Crippen molar-refractivity contribution >= 4 is 11.5 Å². The van der Waals surface area contributed by atoms with Gasteiger partial charge in [0.1, 0.15) is 17.3 Å². The molecule has 4 aromatic rings. The maximum absolute atomic E-state index is 13.6. The van der Waals surface area contributed by atoms with Gasteiger partial charge in [0.2, 0.25) is 0 Å². The number of nitrogens with zero attached hydrogens (tertiary/aromatic N) is 5. The molecule has 4 heterocycles. The number of rotatable bonds is 3. The van der Waals surface area contributed by atoms with Crippen molar-refractivity contribution in [3.63, 3.8) is 0 Å². The molecule has 32 heavy (non-hydrogen) atoms. The van der Waals surface area contributed by atoms with Crippen molar-refractivity contribution in [1.29, 1.82) is 0 Å². The van der Waals surface area contributed by atoms with Gasteiger partial charge in [-0.25, -0.2) is 13.9 Å². The van der Waals surface area contributed by atoms with Gasteiger partial charge in [-0.2, -0.15) is 0 Å². The lowest BCUT2D eigenvalue weighted by molar-refractivity contribution is 0.302. The Bertz CT molecular complexity index is 1240. The Morgan fingerprint density at radius 2 is 1.69 bits per heavy atom. The predicted molar refractivity (Wildman–Crippen MR) is 123 cm³/mol. The van der Waals surface area contributed by atoms with Gasteiger partial charge in [-0.3, -0.25) is 4.98 Å². The molecule has 0 atom stereocenters. The van der Waals surface area contributed by atoms with Crippen molar-refractivity contribution in [1.82, 2.24) is 24.9 Å². The minimum absolute atomic E-state index is 0.219. The minimum Gasteiger partial charge on any atom is -0.352 e. The van der Waals surface area contributed by atoms with Crippen LogP contribution < -0.4 is 10.2 Å². The van der Waals surface area contributed by atoms with Crippen LogP contribution in [0.25, 0.3) is 28.2 Å². The molecule has 6 rings (SSSR count). The van der Waals surface area contributed by atoms with Crippen LogP contribution in [0.4, 0.5) is 10.2 Å². The number of piperazine rings is 1. The van der Waals surface area contributed by atoms with E-state index in [0.29, 0.717) is 0 Å². The number of halogens is 1. The molecule has 0 bridgehead atoms. The predicted octanol–water partition coefficient (Wildman–Crippen LogP) is 4.32. The second kappa shape index (κ2) is 7.67. The molecule has 7 heteroatoms. The van der Waals surface area contributed by atoms with Crippen LogP contribution in [0.15, 0.2) is 60.9 Å². The Labute approximate surface area is 186 Å². The van der Waals surface area contributed by atoms with Crippen LogP contribution in [0.1, 0.15) is 25.7 Å². The van der Waals surface area contributed by atoms with Gasteiger partial charge in [-0.05, 0) is 61.4 Å². The van der Waals surface area contributed by atoms with Gasteiger partial charge in [0.15, 0.2) is 5.65 Å². The quantitative estimate of drug-likeness (QED) is 0.527. The molecule has 1 spiro atoms. The summed E-state index contributed by atoms with van der Waals surface area (Å²) in [5, 5.41) is 8.82. The molecule has 162 valence electrons. The summed E-state index contributed by atoms with van der Waals surface area (Å²) in [6, 6.07) is 14.5. The molecule has 0 radical (unpaired) electrons. The van der Waals surface area contributed by atoms with Crippen LogP contribution in [0.2, 0.25) is 0 Å². The van der Waals surface area contributed by atoms with Crippen molar-refractivity contribution in [3.05, 3.63) is 66.7 Å². The van der Waals surface area contributed by atoms with Crippen molar-refractivity contribution in [2.75, 3.05) is 24.5 Å². The number of hydrogen-bond donors (Lipinski definition) is 1. The van der Waals surface area contributed by atoms with Gasteiger partial charge >= 0.3 is 0 Å². The van der Waals surface area contributed by atoms with Gasteiger partial charge in [0, 0.05) is 48.7 Å². The highest BCUT2D eigenvalue weighted by molar-refractivity contribution is 5.81. The fraction of sp³-hybridized carbons (Fsp3) is 0.320. The zero-order valence-electron chi connectivity index (χ0n) is 17.8. The lowest BCUT2D eigenvalue weighted by Crippen LogP contribution is -2.59. The standard InChI is InChI=1S/C25H25FN6/c26-20-5-3-18(4-6-20)23-24(19-9-13-27-14-10-19)32-21(29-23)7-8-22(30-32)31-16-15-28-25(17-31)11-1-2-12-25/h3-10,13-14,28H,1-2,11-12,15-17H2. The number of pyridine rings is 1. The average molecular weight is 429 g/mol. The number of benzene rings is 1. The van der Waals surface area contributed by atoms with Gasteiger partial charge in [-0.1, -0.05) is 12.8 Å². The third-order valence-electron chi connectivity index (χ3n) is 6.79. The first-order valence-electron chi connectivity index (χ1n) is 11.3. The Morgan fingerprint density at radius 1 is 0.906 bits per heavy atom.